The van der Waals surface area contributed by atoms with E-state index in [4.69, 9.17) is 11.6 Å². The van der Waals surface area contributed by atoms with Gasteiger partial charge in [0.15, 0.2) is 0 Å². The molecule has 0 spiro atoms. The fraction of sp³-hybridized carbons (Fsp3) is 0. The predicted molar refractivity (Wildman–Crippen MR) is 73.5 cm³/mol. The molecule has 0 radical (unpaired) electrons. The number of anilines is 1. The van der Waals surface area contributed by atoms with Crippen LogP contribution in [0, 0.1) is 11.6 Å². The summed E-state index contributed by atoms with van der Waals surface area (Å²) in [5.41, 5.74) is 0.620. The Morgan fingerprint density at radius 2 is 1.89 bits per heavy atom. The average molecular weight is 347 g/mol. The summed E-state index contributed by atoms with van der Waals surface area (Å²) in [6, 6.07) is 7.52. The fourth-order valence-corrected chi connectivity index (χ4v) is 2.05. The molecule has 0 saturated heterocycles. The van der Waals surface area contributed by atoms with Gasteiger partial charge in [-0.15, -0.1) is 0 Å². The molecule has 19 heavy (non-hydrogen) atoms. The summed E-state index contributed by atoms with van der Waals surface area (Å²) in [6.07, 6.45) is 0. The minimum absolute atomic E-state index is 0.133. The molecule has 1 amide bonds. The molecule has 0 atom stereocenters. The Bertz CT molecular complexity index is 649. The van der Waals surface area contributed by atoms with Gasteiger partial charge >= 0.3 is 0 Å². The zero-order valence-electron chi connectivity index (χ0n) is 9.38. The van der Waals surface area contributed by atoms with Crippen LogP contribution in [0.5, 0.6) is 0 Å². The minimum Gasteiger partial charge on any atom is -0.321 e. The van der Waals surface area contributed by atoms with Crippen molar-refractivity contribution in [3.05, 3.63) is 63.1 Å². The summed E-state index contributed by atoms with van der Waals surface area (Å²) in [5.74, 6) is -1.48. The SMILES string of the molecule is O=C(Nc1ccc(F)cc1Br)c1ccc(F)c(Cl)c1. The molecule has 0 bridgehead atoms. The van der Waals surface area contributed by atoms with Crippen molar-refractivity contribution in [2.24, 2.45) is 0 Å². The van der Waals surface area contributed by atoms with Crippen LogP contribution in [-0.2, 0) is 0 Å². The van der Waals surface area contributed by atoms with Crippen LogP contribution in [0.2, 0.25) is 5.02 Å². The van der Waals surface area contributed by atoms with Crippen LogP contribution in [0.4, 0.5) is 14.5 Å². The zero-order valence-corrected chi connectivity index (χ0v) is 11.7. The standard InChI is InChI=1S/C13H7BrClF2NO/c14-9-6-8(16)2-4-12(9)18-13(19)7-1-3-11(17)10(15)5-7/h1-6H,(H,18,19). The molecule has 6 heteroatoms. The van der Waals surface area contributed by atoms with Gasteiger partial charge in [-0.1, -0.05) is 11.6 Å². The normalized spacial score (nSPS) is 10.3. The third-order valence-corrected chi connectivity index (χ3v) is 3.31. The molecule has 2 aromatic rings. The van der Waals surface area contributed by atoms with Gasteiger partial charge in [-0.3, -0.25) is 4.79 Å². The van der Waals surface area contributed by atoms with E-state index in [0.717, 1.165) is 6.07 Å². The van der Waals surface area contributed by atoms with Crippen LogP contribution in [0.3, 0.4) is 0 Å². The van der Waals surface area contributed by atoms with Crippen LogP contribution in [0.25, 0.3) is 0 Å². The van der Waals surface area contributed by atoms with E-state index in [1.807, 2.05) is 0 Å². The Balaban J connectivity index is 2.23. The first-order valence-corrected chi connectivity index (χ1v) is 6.36. The molecule has 2 nitrogen and oxygen atoms in total. The van der Waals surface area contributed by atoms with E-state index in [1.54, 1.807) is 0 Å². The highest BCUT2D eigenvalue weighted by Crippen LogP contribution is 2.24. The zero-order chi connectivity index (χ0) is 14.0. The number of nitrogens with one attached hydrogen (secondary N) is 1. The molecule has 2 aromatic carbocycles. The largest absolute Gasteiger partial charge is 0.321 e. The van der Waals surface area contributed by atoms with Crippen LogP contribution in [-0.4, -0.2) is 5.91 Å². The Morgan fingerprint density at radius 3 is 2.53 bits per heavy atom. The van der Waals surface area contributed by atoms with Crippen molar-refractivity contribution >= 4 is 39.1 Å². The van der Waals surface area contributed by atoms with E-state index >= 15 is 0 Å². The molecule has 0 aliphatic heterocycles. The van der Waals surface area contributed by atoms with Gasteiger partial charge < -0.3 is 5.32 Å². The third-order valence-electron chi connectivity index (χ3n) is 2.36. The molecule has 0 fully saturated rings. The van der Waals surface area contributed by atoms with Crippen molar-refractivity contribution in [3.63, 3.8) is 0 Å². The minimum atomic E-state index is -0.596. The van der Waals surface area contributed by atoms with Gasteiger partial charge in [0.05, 0.1) is 10.7 Å². The highest BCUT2D eigenvalue weighted by atomic mass is 79.9. The van der Waals surface area contributed by atoms with Gasteiger partial charge in [-0.25, -0.2) is 8.78 Å². The van der Waals surface area contributed by atoms with Crippen molar-refractivity contribution in [2.45, 2.75) is 0 Å². The summed E-state index contributed by atoms with van der Waals surface area (Å²) < 4.78 is 26.3. The van der Waals surface area contributed by atoms with Crippen LogP contribution < -0.4 is 5.32 Å². The molecule has 0 heterocycles. The average Bonchev–Trinajstić information content (AvgIpc) is 2.36. The summed E-state index contributed by atoms with van der Waals surface area (Å²) in [6.45, 7) is 0. The highest BCUT2D eigenvalue weighted by molar-refractivity contribution is 9.10. The van der Waals surface area contributed by atoms with Gasteiger partial charge in [-0.2, -0.15) is 0 Å². The second-order valence-electron chi connectivity index (χ2n) is 3.71. The molecular formula is C13H7BrClF2NO. The Morgan fingerprint density at radius 1 is 1.16 bits per heavy atom. The number of halogens is 4. The number of hydrogen-bond acceptors (Lipinski definition) is 1. The molecule has 0 unspecified atom stereocenters. The molecule has 2 rings (SSSR count). The third kappa shape index (κ3) is 3.30. The van der Waals surface area contributed by atoms with Crippen molar-refractivity contribution in [1.29, 1.82) is 0 Å². The Hall–Kier alpha value is -1.46. The lowest BCUT2D eigenvalue weighted by Gasteiger charge is -2.08. The number of benzene rings is 2. The fourth-order valence-electron chi connectivity index (χ4n) is 1.42. The quantitative estimate of drug-likeness (QED) is 0.844. The van der Waals surface area contributed by atoms with Crippen molar-refractivity contribution < 1.29 is 13.6 Å². The van der Waals surface area contributed by atoms with E-state index < -0.39 is 17.5 Å². The number of carbonyl (C=O) groups is 1. The predicted octanol–water partition coefficient (Wildman–Crippen LogP) is 4.63. The smallest absolute Gasteiger partial charge is 0.255 e. The number of amides is 1. The first kappa shape index (κ1) is 14.0. The molecular weight excluding hydrogens is 340 g/mol. The second-order valence-corrected chi connectivity index (χ2v) is 4.97. The lowest BCUT2D eigenvalue weighted by Crippen LogP contribution is -2.12. The first-order valence-electron chi connectivity index (χ1n) is 5.19. The van der Waals surface area contributed by atoms with E-state index in [0.29, 0.717) is 10.2 Å². The van der Waals surface area contributed by atoms with Gasteiger partial charge in [0, 0.05) is 10.0 Å². The van der Waals surface area contributed by atoms with Gasteiger partial charge in [0.25, 0.3) is 5.91 Å². The van der Waals surface area contributed by atoms with E-state index in [1.165, 1.54) is 30.3 Å². The van der Waals surface area contributed by atoms with Crippen molar-refractivity contribution in [1.82, 2.24) is 0 Å². The maximum absolute atomic E-state index is 13.0. The van der Waals surface area contributed by atoms with Crippen LogP contribution in [0.15, 0.2) is 40.9 Å². The molecule has 1 N–H and O–H groups in total. The maximum atomic E-state index is 13.0. The van der Waals surface area contributed by atoms with Gasteiger partial charge in [0.1, 0.15) is 11.6 Å². The molecule has 0 saturated carbocycles. The number of hydrogen-bond donors (Lipinski definition) is 1. The Kier molecular flexibility index (Phi) is 4.17. The van der Waals surface area contributed by atoms with E-state index in [9.17, 15) is 13.6 Å². The number of carbonyl (C=O) groups excluding carboxylic acids is 1. The summed E-state index contributed by atoms with van der Waals surface area (Å²) in [7, 11) is 0. The van der Waals surface area contributed by atoms with E-state index in [-0.39, 0.29) is 10.6 Å². The van der Waals surface area contributed by atoms with Crippen molar-refractivity contribution in [2.75, 3.05) is 5.32 Å². The summed E-state index contributed by atoms with van der Waals surface area (Å²) in [5, 5.41) is 2.43. The molecule has 0 aromatic heterocycles. The first-order chi connectivity index (χ1) is 8.97. The van der Waals surface area contributed by atoms with Crippen molar-refractivity contribution in [3.8, 4) is 0 Å². The van der Waals surface area contributed by atoms with Crippen LogP contribution >= 0.6 is 27.5 Å². The van der Waals surface area contributed by atoms with Gasteiger partial charge in [0.2, 0.25) is 0 Å². The summed E-state index contributed by atoms with van der Waals surface area (Å²) >= 11 is 8.73. The lowest BCUT2D eigenvalue weighted by molar-refractivity contribution is 0.102. The van der Waals surface area contributed by atoms with Crippen LogP contribution in [0.1, 0.15) is 10.4 Å². The Labute approximate surface area is 121 Å². The second kappa shape index (κ2) is 5.67. The number of rotatable bonds is 2. The van der Waals surface area contributed by atoms with E-state index in [2.05, 4.69) is 21.2 Å². The maximum Gasteiger partial charge on any atom is 0.255 e. The molecule has 98 valence electrons. The monoisotopic (exact) mass is 345 g/mol. The van der Waals surface area contributed by atoms with Gasteiger partial charge in [-0.05, 0) is 52.3 Å². The molecule has 0 aliphatic carbocycles. The lowest BCUT2D eigenvalue weighted by atomic mass is 10.2. The summed E-state index contributed by atoms with van der Waals surface area (Å²) in [4.78, 5) is 11.9. The molecule has 0 aliphatic rings. The topological polar surface area (TPSA) is 29.1 Å². The highest BCUT2D eigenvalue weighted by Gasteiger charge is 2.11.